The maximum absolute atomic E-state index is 12.7. The predicted octanol–water partition coefficient (Wildman–Crippen LogP) is 1.37. The summed E-state index contributed by atoms with van der Waals surface area (Å²) in [5.74, 6) is -1.11. The predicted molar refractivity (Wildman–Crippen MR) is 82.4 cm³/mol. The van der Waals surface area contributed by atoms with E-state index in [0.717, 1.165) is 5.56 Å². The molecule has 1 aromatic carbocycles. The van der Waals surface area contributed by atoms with Crippen LogP contribution in [0.3, 0.4) is 0 Å². The number of benzene rings is 1. The smallest absolute Gasteiger partial charge is 0.352 e. The number of pyridine rings is 1. The number of para-hydroxylation sites is 1. The quantitative estimate of drug-likeness (QED) is 0.894. The number of fused-ring (bicyclic) bond motifs is 1. The van der Waals surface area contributed by atoms with Crippen molar-refractivity contribution in [3.63, 3.8) is 0 Å². The average molecular weight is 302 g/mol. The first-order chi connectivity index (χ1) is 10.6. The highest BCUT2D eigenvalue weighted by Gasteiger charge is 2.21. The summed E-state index contributed by atoms with van der Waals surface area (Å²) in [7, 11) is 0. The van der Waals surface area contributed by atoms with Crippen LogP contribution in [0.1, 0.15) is 21.6 Å². The Kier molecular flexibility index (Phi) is 3.96. The van der Waals surface area contributed by atoms with Crippen molar-refractivity contribution < 1.29 is 14.6 Å². The van der Waals surface area contributed by atoms with E-state index in [-0.39, 0.29) is 11.1 Å². The molecule has 0 amide bonds. The van der Waals surface area contributed by atoms with Gasteiger partial charge >= 0.3 is 5.97 Å². The number of aromatic carboxylic acids is 1. The van der Waals surface area contributed by atoms with Crippen LogP contribution in [0.4, 0.5) is 0 Å². The third-order valence-electron chi connectivity index (χ3n) is 4.04. The van der Waals surface area contributed by atoms with Crippen molar-refractivity contribution in [2.75, 3.05) is 26.3 Å². The number of carboxylic acid groups (broad SMARTS) is 1. The first-order valence-electron chi connectivity index (χ1n) is 7.26. The molecule has 2 N–H and O–H groups in total. The van der Waals surface area contributed by atoms with Crippen LogP contribution >= 0.6 is 0 Å². The maximum atomic E-state index is 12.7. The minimum atomic E-state index is -1.11. The minimum absolute atomic E-state index is 0.0155. The van der Waals surface area contributed by atoms with E-state index in [4.69, 9.17) is 4.74 Å². The van der Waals surface area contributed by atoms with Crippen LogP contribution in [-0.2, 0) is 11.3 Å². The number of carbonyl (C=O) groups is 1. The molecule has 1 aliphatic heterocycles. The Morgan fingerprint density at radius 3 is 2.77 bits per heavy atom. The van der Waals surface area contributed by atoms with E-state index < -0.39 is 5.97 Å². The number of nitrogens with one attached hydrogen (secondary N) is 1. The highest BCUT2D eigenvalue weighted by Crippen LogP contribution is 2.17. The molecule has 1 aliphatic rings. The second-order valence-electron chi connectivity index (χ2n) is 5.50. The van der Waals surface area contributed by atoms with Gasteiger partial charge in [0.1, 0.15) is 5.69 Å². The zero-order valence-corrected chi connectivity index (χ0v) is 12.4. The van der Waals surface area contributed by atoms with Crippen LogP contribution in [0.15, 0.2) is 23.0 Å². The zero-order chi connectivity index (χ0) is 15.7. The molecule has 0 unspecified atom stereocenters. The van der Waals surface area contributed by atoms with Gasteiger partial charge in [0.2, 0.25) is 0 Å². The van der Waals surface area contributed by atoms with E-state index in [1.807, 2.05) is 24.0 Å². The van der Waals surface area contributed by atoms with Crippen molar-refractivity contribution in [3.05, 3.63) is 45.2 Å². The number of morpholine rings is 1. The van der Waals surface area contributed by atoms with Crippen molar-refractivity contribution in [1.82, 2.24) is 9.88 Å². The van der Waals surface area contributed by atoms with Crippen LogP contribution in [0.2, 0.25) is 0 Å². The monoisotopic (exact) mass is 302 g/mol. The maximum Gasteiger partial charge on any atom is 0.352 e. The summed E-state index contributed by atoms with van der Waals surface area (Å²) in [4.78, 5) is 29.3. The number of nitrogens with zero attached hydrogens (tertiary/aromatic N) is 1. The lowest BCUT2D eigenvalue weighted by molar-refractivity contribution is 0.0337. The molecule has 0 saturated carbocycles. The normalized spacial score (nSPS) is 16.0. The van der Waals surface area contributed by atoms with Gasteiger partial charge in [-0.3, -0.25) is 9.69 Å². The Morgan fingerprint density at radius 1 is 1.36 bits per heavy atom. The van der Waals surface area contributed by atoms with Crippen molar-refractivity contribution in [2.24, 2.45) is 0 Å². The standard InChI is InChI=1S/C16H18N2O4/c1-10-3-2-4-11-13(10)17-14(16(20)21)12(15(11)19)9-18-5-7-22-8-6-18/h2-4H,5-9H2,1H3,(H,17,19)(H,20,21). The fourth-order valence-electron chi connectivity index (χ4n) is 2.82. The van der Waals surface area contributed by atoms with Gasteiger partial charge in [0.15, 0.2) is 5.43 Å². The molecule has 3 rings (SSSR count). The van der Waals surface area contributed by atoms with Crippen LogP contribution < -0.4 is 5.43 Å². The molecular weight excluding hydrogens is 284 g/mol. The van der Waals surface area contributed by atoms with Crippen LogP contribution in [0, 0.1) is 6.92 Å². The summed E-state index contributed by atoms with van der Waals surface area (Å²) in [5, 5.41) is 9.99. The Bertz CT molecular complexity index is 776. The summed E-state index contributed by atoms with van der Waals surface area (Å²) in [6, 6.07) is 5.40. The summed E-state index contributed by atoms with van der Waals surface area (Å²) >= 11 is 0. The minimum Gasteiger partial charge on any atom is -0.477 e. The van der Waals surface area contributed by atoms with Gasteiger partial charge in [-0.1, -0.05) is 12.1 Å². The van der Waals surface area contributed by atoms with Gasteiger partial charge in [0, 0.05) is 30.6 Å². The van der Waals surface area contributed by atoms with Gasteiger partial charge in [0.05, 0.1) is 18.7 Å². The second kappa shape index (κ2) is 5.90. The summed E-state index contributed by atoms with van der Waals surface area (Å²) in [6.45, 7) is 4.78. The number of rotatable bonds is 3. The zero-order valence-electron chi connectivity index (χ0n) is 12.4. The van der Waals surface area contributed by atoms with E-state index in [1.54, 1.807) is 6.07 Å². The van der Waals surface area contributed by atoms with Gasteiger partial charge in [-0.2, -0.15) is 0 Å². The van der Waals surface area contributed by atoms with Crippen molar-refractivity contribution in [2.45, 2.75) is 13.5 Å². The summed E-state index contributed by atoms with van der Waals surface area (Å²) < 4.78 is 5.29. The lowest BCUT2D eigenvalue weighted by Gasteiger charge is -2.26. The van der Waals surface area contributed by atoms with Crippen molar-refractivity contribution >= 4 is 16.9 Å². The first-order valence-corrected chi connectivity index (χ1v) is 7.26. The fraction of sp³-hybridized carbons (Fsp3) is 0.375. The molecule has 0 aliphatic carbocycles. The van der Waals surface area contributed by atoms with Crippen LogP contribution in [-0.4, -0.2) is 47.3 Å². The second-order valence-corrected chi connectivity index (χ2v) is 5.50. The molecule has 6 nitrogen and oxygen atoms in total. The summed E-state index contributed by atoms with van der Waals surface area (Å²) in [6.07, 6.45) is 0. The Hall–Kier alpha value is -2.18. The molecular formula is C16H18N2O4. The molecule has 6 heteroatoms. The molecule has 116 valence electrons. The lowest BCUT2D eigenvalue weighted by Crippen LogP contribution is -2.37. The van der Waals surface area contributed by atoms with E-state index >= 15 is 0 Å². The van der Waals surface area contributed by atoms with Gasteiger partial charge in [0.25, 0.3) is 0 Å². The molecule has 0 spiro atoms. The number of H-pyrrole nitrogens is 1. The molecule has 1 aromatic heterocycles. The van der Waals surface area contributed by atoms with E-state index in [0.29, 0.717) is 49.3 Å². The molecule has 1 fully saturated rings. The third kappa shape index (κ3) is 2.63. The Balaban J connectivity index is 2.14. The van der Waals surface area contributed by atoms with E-state index in [9.17, 15) is 14.7 Å². The number of aromatic nitrogens is 1. The van der Waals surface area contributed by atoms with Crippen LogP contribution in [0.5, 0.6) is 0 Å². The molecule has 0 atom stereocenters. The van der Waals surface area contributed by atoms with Crippen LogP contribution in [0.25, 0.3) is 10.9 Å². The number of aryl methyl sites for hydroxylation is 1. The lowest BCUT2D eigenvalue weighted by atomic mass is 10.0. The van der Waals surface area contributed by atoms with Gasteiger partial charge in [-0.05, 0) is 18.6 Å². The molecule has 0 bridgehead atoms. The topological polar surface area (TPSA) is 82.6 Å². The Labute approximate surface area is 127 Å². The number of carboxylic acids is 1. The fourth-order valence-corrected chi connectivity index (χ4v) is 2.82. The number of hydrogen-bond acceptors (Lipinski definition) is 4. The number of aromatic amines is 1. The SMILES string of the molecule is Cc1cccc2c(=O)c(CN3CCOCC3)c(C(=O)O)[nH]c12. The summed E-state index contributed by atoms with van der Waals surface area (Å²) in [5.41, 5.74) is 1.54. The number of hydrogen-bond donors (Lipinski definition) is 2. The van der Waals surface area contributed by atoms with Crippen molar-refractivity contribution in [3.8, 4) is 0 Å². The molecule has 0 radical (unpaired) electrons. The van der Waals surface area contributed by atoms with Gasteiger partial charge < -0.3 is 14.8 Å². The number of ether oxygens (including phenoxy) is 1. The Morgan fingerprint density at radius 2 is 2.09 bits per heavy atom. The first kappa shape index (κ1) is 14.7. The highest BCUT2D eigenvalue weighted by atomic mass is 16.5. The van der Waals surface area contributed by atoms with E-state index in [2.05, 4.69) is 4.98 Å². The third-order valence-corrected chi connectivity index (χ3v) is 4.04. The largest absolute Gasteiger partial charge is 0.477 e. The van der Waals surface area contributed by atoms with Gasteiger partial charge in [-0.15, -0.1) is 0 Å². The van der Waals surface area contributed by atoms with E-state index in [1.165, 1.54) is 0 Å². The molecule has 1 saturated heterocycles. The van der Waals surface area contributed by atoms with Crippen molar-refractivity contribution in [1.29, 1.82) is 0 Å². The van der Waals surface area contributed by atoms with Gasteiger partial charge in [-0.25, -0.2) is 4.79 Å². The average Bonchev–Trinajstić information content (AvgIpc) is 2.51. The highest BCUT2D eigenvalue weighted by molar-refractivity contribution is 5.92. The molecule has 2 heterocycles. The molecule has 2 aromatic rings. The molecule has 22 heavy (non-hydrogen) atoms.